The summed E-state index contributed by atoms with van der Waals surface area (Å²) >= 11 is 0. The summed E-state index contributed by atoms with van der Waals surface area (Å²) in [7, 11) is 1.43. The van der Waals surface area contributed by atoms with Crippen LogP contribution in [0.5, 0.6) is 17.2 Å². The summed E-state index contributed by atoms with van der Waals surface area (Å²) in [6, 6.07) is 4.71. The summed E-state index contributed by atoms with van der Waals surface area (Å²) < 4.78 is 16.6. The van der Waals surface area contributed by atoms with Crippen molar-refractivity contribution in [2.45, 2.75) is 57.1 Å². The monoisotopic (exact) mass is 452 g/mol. The number of methoxy groups -OCH3 is 1. The van der Waals surface area contributed by atoms with Crippen LogP contribution in [-0.2, 0) is 4.74 Å². The van der Waals surface area contributed by atoms with E-state index in [1.165, 1.54) is 20.1 Å². The molecular weight excluding hydrogens is 424 g/mol. The molecule has 6 atom stereocenters. The molecule has 0 spiro atoms. The average molecular weight is 452 g/mol. The Labute approximate surface area is 184 Å². The second kappa shape index (κ2) is 9.57. The van der Waals surface area contributed by atoms with Gasteiger partial charge in [0.05, 0.1) is 24.2 Å². The Morgan fingerprint density at radius 2 is 1.84 bits per heavy atom. The number of aliphatic hydroxyl groups excluding tert-OH is 5. The van der Waals surface area contributed by atoms with Gasteiger partial charge in [0, 0.05) is 12.7 Å². The number of ketones is 1. The topological polar surface area (TPSA) is 166 Å². The van der Waals surface area contributed by atoms with Crippen molar-refractivity contribution in [1.82, 2.24) is 0 Å². The van der Waals surface area contributed by atoms with Crippen LogP contribution in [0.3, 0.4) is 0 Å². The van der Waals surface area contributed by atoms with E-state index in [1.807, 2.05) is 0 Å². The van der Waals surface area contributed by atoms with Gasteiger partial charge in [-0.2, -0.15) is 0 Å². The maximum absolute atomic E-state index is 12.1. The van der Waals surface area contributed by atoms with Crippen molar-refractivity contribution in [1.29, 1.82) is 0 Å². The highest BCUT2D eigenvalue weighted by Crippen LogP contribution is 2.42. The summed E-state index contributed by atoms with van der Waals surface area (Å²) in [6.07, 6.45) is -9.44. The van der Waals surface area contributed by atoms with Crippen molar-refractivity contribution in [2.75, 3.05) is 13.7 Å². The third-order valence-electron chi connectivity index (χ3n) is 5.59. The summed E-state index contributed by atoms with van der Waals surface area (Å²) in [5, 5.41) is 61.6. The zero-order valence-corrected chi connectivity index (χ0v) is 17.9. The van der Waals surface area contributed by atoms with E-state index in [-0.39, 0.29) is 41.3 Å². The summed E-state index contributed by atoms with van der Waals surface area (Å²) in [5.74, 6) is -0.344. The zero-order chi connectivity index (χ0) is 23.7. The first-order valence-electron chi connectivity index (χ1n) is 10.1. The van der Waals surface area contributed by atoms with E-state index in [2.05, 4.69) is 0 Å². The lowest BCUT2D eigenvalue weighted by Crippen LogP contribution is -2.62. The smallest absolute Gasteiger partial charge is 0.229 e. The number of phenolic OH excluding ortho intramolecular Hbond substituents is 1. The first-order valence-corrected chi connectivity index (χ1v) is 10.1. The van der Waals surface area contributed by atoms with Crippen molar-refractivity contribution in [2.24, 2.45) is 0 Å². The molecule has 10 nitrogen and oxygen atoms in total. The van der Waals surface area contributed by atoms with E-state index in [0.29, 0.717) is 16.7 Å². The molecule has 176 valence electrons. The molecule has 0 amide bonds. The van der Waals surface area contributed by atoms with Crippen molar-refractivity contribution < 1.29 is 49.6 Å². The lowest BCUT2D eigenvalue weighted by atomic mass is 9.94. The van der Waals surface area contributed by atoms with Gasteiger partial charge in [-0.05, 0) is 37.3 Å². The molecule has 0 radical (unpaired) electrons. The molecule has 1 aliphatic heterocycles. The Bertz CT molecular complexity index is 991. The molecule has 0 unspecified atom stereocenters. The van der Waals surface area contributed by atoms with Crippen LogP contribution in [0.2, 0.25) is 0 Å². The summed E-state index contributed by atoms with van der Waals surface area (Å²) in [4.78, 5) is 12.1. The highest BCUT2D eigenvalue weighted by Gasteiger charge is 2.47. The second-order valence-electron chi connectivity index (χ2n) is 7.84. The maximum atomic E-state index is 12.1. The fourth-order valence-corrected chi connectivity index (χ4v) is 3.96. The van der Waals surface area contributed by atoms with Crippen molar-refractivity contribution in [3.8, 4) is 17.2 Å². The van der Waals surface area contributed by atoms with Crippen LogP contribution in [0.15, 0.2) is 18.2 Å². The fourth-order valence-electron chi connectivity index (χ4n) is 3.96. The molecule has 2 aromatic carbocycles. The van der Waals surface area contributed by atoms with Crippen LogP contribution in [0.4, 0.5) is 0 Å². The fraction of sp³-hybridized carbons (Fsp3) is 0.500. The van der Waals surface area contributed by atoms with E-state index >= 15 is 0 Å². The zero-order valence-electron chi connectivity index (χ0n) is 17.9. The number of Topliss-reactive ketones (excluding diaryl/α,β-unsaturated/α-hetero) is 1. The molecule has 0 bridgehead atoms. The van der Waals surface area contributed by atoms with Crippen LogP contribution in [0.1, 0.15) is 29.3 Å². The highest BCUT2D eigenvalue weighted by atomic mass is 16.7. The summed E-state index contributed by atoms with van der Waals surface area (Å²) in [5.41, 5.74) is 0.644. The van der Waals surface area contributed by atoms with Gasteiger partial charge in [-0.3, -0.25) is 4.79 Å². The Balaban J connectivity index is 2.08. The predicted octanol–water partition coefficient (Wildman–Crippen LogP) is -0.00528. The predicted molar refractivity (Wildman–Crippen MR) is 112 cm³/mol. The average Bonchev–Trinajstić information content (AvgIpc) is 2.73. The third kappa shape index (κ3) is 4.38. The first-order chi connectivity index (χ1) is 15.1. The van der Waals surface area contributed by atoms with E-state index in [4.69, 9.17) is 19.3 Å². The highest BCUT2D eigenvalue weighted by molar-refractivity contribution is 6.07. The second-order valence-corrected chi connectivity index (χ2v) is 7.84. The number of aliphatic hydroxyl groups is 5. The first kappa shape index (κ1) is 24.2. The molecule has 0 aromatic heterocycles. The Hall–Kier alpha value is -2.47. The molecule has 1 saturated heterocycles. The van der Waals surface area contributed by atoms with Crippen LogP contribution in [0.25, 0.3) is 10.8 Å². The van der Waals surface area contributed by atoms with Crippen LogP contribution in [0, 0.1) is 6.92 Å². The van der Waals surface area contributed by atoms with Crippen LogP contribution >= 0.6 is 0 Å². The van der Waals surface area contributed by atoms with Gasteiger partial charge in [0.1, 0.15) is 41.7 Å². The number of aryl methyl sites for hydroxylation is 1. The standard InChI is InChI=1S/C22H28O10/c1-9-6-11-7-12(30-3)8-14(16(11)17(26)15(9)10(2)24)31-22-20(29)18(27)19(28)21(32-22)13(25)4-5-23/h6-8,13,18-23,25-29H,4-5H2,1-3H3/t13-,18+,19+,20-,21-,22+/m1/s1. The van der Waals surface area contributed by atoms with Gasteiger partial charge in [-0.1, -0.05) is 6.07 Å². The number of phenols is 1. The van der Waals surface area contributed by atoms with E-state index in [1.54, 1.807) is 19.1 Å². The van der Waals surface area contributed by atoms with Gasteiger partial charge in [0.25, 0.3) is 0 Å². The quantitative estimate of drug-likeness (QED) is 0.315. The number of hydrogen-bond acceptors (Lipinski definition) is 10. The number of fused-ring (bicyclic) bond motifs is 1. The van der Waals surface area contributed by atoms with Gasteiger partial charge in [-0.15, -0.1) is 0 Å². The SMILES string of the molecule is COc1cc(O[C@H]2O[C@H]([C@H](O)CCO)[C@@H](O)[C@H](O)[C@H]2O)c2c(O)c(C(C)=O)c(C)cc2c1. The van der Waals surface area contributed by atoms with Crippen molar-refractivity contribution in [3.63, 3.8) is 0 Å². The number of hydrogen-bond donors (Lipinski definition) is 6. The molecule has 6 N–H and O–H groups in total. The molecule has 1 heterocycles. The van der Waals surface area contributed by atoms with Gasteiger partial charge in [-0.25, -0.2) is 0 Å². The molecule has 0 saturated carbocycles. The Morgan fingerprint density at radius 3 is 2.44 bits per heavy atom. The molecule has 3 rings (SSSR count). The van der Waals surface area contributed by atoms with Crippen LogP contribution < -0.4 is 9.47 Å². The lowest BCUT2D eigenvalue weighted by Gasteiger charge is -2.42. The van der Waals surface area contributed by atoms with Crippen molar-refractivity contribution in [3.05, 3.63) is 29.3 Å². The number of carbonyl (C=O) groups is 1. The molecule has 1 aliphatic rings. The molecular formula is C22H28O10. The number of benzene rings is 2. The van der Waals surface area contributed by atoms with E-state index < -0.39 is 36.8 Å². The third-order valence-corrected chi connectivity index (χ3v) is 5.59. The maximum Gasteiger partial charge on any atom is 0.229 e. The van der Waals surface area contributed by atoms with Crippen molar-refractivity contribution >= 4 is 16.6 Å². The molecule has 1 fully saturated rings. The summed E-state index contributed by atoms with van der Waals surface area (Å²) in [6.45, 7) is 2.60. The molecule has 2 aromatic rings. The molecule has 32 heavy (non-hydrogen) atoms. The van der Waals surface area contributed by atoms with Gasteiger partial charge in [0.2, 0.25) is 6.29 Å². The lowest BCUT2D eigenvalue weighted by molar-refractivity contribution is -0.288. The molecule has 10 heteroatoms. The van der Waals surface area contributed by atoms with Gasteiger partial charge in [0.15, 0.2) is 5.78 Å². The normalized spacial score (nSPS) is 26.7. The minimum atomic E-state index is -1.72. The van der Waals surface area contributed by atoms with E-state index in [9.17, 15) is 30.3 Å². The number of ether oxygens (including phenoxy) is 3. The van der Waals surface area contributed by atoms with Crippen LogP contribution in [-0.4, -0.2) is 86.9 Å². The Kier molecular flexibility index (Phi) is 7.23. The number of rotatable bonds is 7. The largest absolute Gasteiger partial charge is 0.506 e. The minimum absolute atomic E-state index is 0.0117. The van der Waals surface area contributed by atoms with Gasteiger partial charge >= 0.3 is 0 Å². The Morgan fingerprint density at radius 1 is 1.16 bits per heavy atom. The minimum Gasteiger partial charge on any atom is -0.506 e. The molecule has 0 aliphatic carbocycles. The number of aromatic hydroxyl groups is 1. The van der Waals surface area contributed by atoms with Gasteiger partial charge < -0.3 is 44.8 Å². The number of carbonyl (C=O) groups excluding carboxylic acids is 1. The van der Waals surface area contributed by atoms with E-state index in [0.717, 1.165) is 0 Å².